The van der Waals surface area contributed by atoms with Gasteiger partial charge in [0, 0.05) is 7.11 Å². The van der Waals surface area contributed by atoms with Crippen LogP contribution in [0.5, 0.6) is 0 Å². The van der Waals surface area contributed by atoms with Crippen LogP contribution in [0.2, 0.25) is 0 Å². The first-order chi connectivity index (χ1) is 21.2. The van der Waals surface area contributed by atoms with Crippen LogP contribution in [0.25, 0.3) is 0 Å². The topological polar surface area (TPSA) is 175 Å². The lowest BCUT2D eigenvalue weighted by Crippen LogP contribution is -2.47. The van der Waals surface area contributed by atoms with E-state index in [2.05, 4.69) is 11.4 Å². The third kappa shape index (κ3) is 25.6. The van der Waals surface area contributed by atoms with E-state index in [0.29, 0.717) is 0 Å². The van der Waals surface area contributed by atoms with Crippen molar-refractivity contribution in [1.29, 1.82) is 0 Å². The fraction of sp³-hybridized carbons (Fsp3) is 0.938. The zero-order valence-electron chi connectivity index (χ0n) is 27.5. The quantitative estimate of drug-likeness (QED) is 0.0297. The van der Waals surface area contributed by atoms with Gasteiger partial charge in [0.25, 0.3) is 0 Å². The summed E-state index contributed by atoms with van der Waals surface area (Å²) in [5, 5.41) is 47.2. The Kier molecular flexibility index (Phi) is 29.4. The van der Waals surface area contributed by atoms with Crippen molar-refractivity contribution in [2.75, 3.05) is 33.5 Å². The summed E-state index contributed by atoms with van der Waals surface area (Å²) in [6.07, 6.45) is 20.7. The monoisotopic (exact) mass is 656 g/mol. The molecule has 1 unspecified atom stereocenters. The Balaban J connectivity index is 3.71. The van der Waals surface area contributed by atoms with Gasteiger partial charge in [-0.1, -0.05) is 116 Å². The molecular formula is C32H65O11P. The minimum absolute atomic E-state index is 0.0820. The minimum atomic E-state index is -4.61. The summed E-state index contributed by atoms with van der Waals surface area (Å²) in [6, 6.07) is 0. The van der Waals surface area contributed by atoms with Gasteiger partial charge >= 0.3 is 7.82 Å². The normalized spacial score (nSPS) is 16.9. The average molecular weight is 657 g/mol. The maximum absolute atomic E-state index is 12.0. The van der Waals surface area contributed by atoms with Gasteiger partial charge in [0.1, 0.15) is 37.1 Å². The molecule has 0 heterocycles. The molecule has 0 aromatic carbocycles. The number of phosphoric acid groups is 1. The van der Waals surface area contributed by atoms with Crippen molar-refractivity contribution in [1.82, 2.24) is 0 Å². The van der Waals surface area contributed by atoms with Crippen LogP contribution < -0.4 is 0 Å². The number of hydrogen-bond donors (Lipinski definition) is 6. The second-order valence-electron chi connectivity index (χ2n) is 11.7. The molecule has 264 valence electrons. The van der Waals surface area contributed by atoms with E-state index in [4.69, 9.17) is 19.1 Å². The van der Waals surface area contributed by atoms with Gasteiger partial charge < -0.3 is 39.9 Å². The Morgan fingerprint density at radius 2 is 1.07 bits per heavy atom. The summed E-state index contributed by atoms with van der Waals surface area (Å²) in [6.45, 7) is 0.314. The number of unbranched alkanes of at least 4 members (excludes halogenated alkanes) is 18. The Morgan fingerprint density at radius 3 is 1.52 bits per heavy atom. The third-order valence-electron chi connectivity index (χ3n) is 7.69. The molecule has 0 fully saturated rings. The van der Waals surface area contributed by atoms with E-state index < -0.39 is 51.6 Å². The number of phosphoric ester groups is 1. The number of allylic oxidation sites excluding steroid dienone is 1. The molecule has 0 aliphatic carbocycles. The third-order valence-corrected chi connectivity index (χ3v) is 8.64. The Morgan fingerprint density at radius 1 is 0.636 bits per heavy atom. The van der Waals surface area contributed by atoms with Crippen LogP contribution >= 0.6 is 7.82 Å². The molecule has 12 heteroatoms. The average Bonchev–Trinajstić information content (AvgIpc) is 3.02. The molecule has 0 bridgehead atoms. The van der Waals surface area contributed by atoms with Gasteiger partial charge in [-0.25, -0.2) is 4.57 Å². The summed E-state index contributed by atoms with van der Waals surface area (Å²) in [4.78, 5) is 9.79. The highest BCUT2D eigenvalue weighted by atomic mass is 31.2. The van der Waals surface area contributed by atoms with Crippen molar-refractivity contribution in [2.45, 2.75) is 159 Å². The summed E-state index contributed by atoms with van der Waals surface area (Å²) < 4.78 is 32.2. The van der Waals surface area contributed by atoms with Gasteiger partial charge in [0.15, 0.2) is 0 Å². The highest BCUT2D eigenvalue weighted by Gasteiger charge is 2.32. The van der Waals surface area contributed by atoms with Crippen LogP contribution in [0.15, 0.2) is 12.3 Å². The van der Waals surface area contributed by atoms with Crippen LogP contribution in [0.3, 0.4) is 0 Å². The largest absolute Gasteiger partial charge is 0.499 e. The zero-order chi connectivity index (χ0) is 32.9. The number of ether oxygens (including phenoxy) is 2. The van der Waals surface area contributed by atoms with Crippen molar-refractivity contribution >= 4 is 7.82 Å². The van der Waals surface area contributed by atoms with Crippen LogP contribution in [-0.4, -0.2) is 94.5 Å². The number of rotatable bonds is 33. The molecule has 0 amide bonds. The van der Waals surface area contributed by atoms with E-state index in [1.54, 1.807) is 6.26 Å². The van der Waals surface area contributed by atoms with Gasteiger partial charge in [-0.3, -0.25) is 9.05 Å². The van der Waals surface area contributed by atoms with Crippen LogP contribution in [0.1, 0.15) is 129 Å². The lowest BCUT2D eigenvalue weighted by atomic mass is 10.0. The van der Waals surface area contributed by atoms with Gasteiger partial charge in [0.05, 0.1) is 26.1 Å². The second-order valence-corrected chi connectivity index (χ2v) is 13.2. The predicted octanol–water partition coefficient (Wildman–Crippen LogP) is 5.53. The molecule has 11 nitrogen and oxygen atoms in total. The molecule has 0 saturated carbocycles. The molecular weight excluding hydrogens is 591 g/mol. The minimum Gasteiger partial charge on any atom is -0.499 e. The Hall–Kier alpha value is -0.590. The van der Waals surface area contributed by atoms with Gasteiger partial charge in [-0.05, 0) is 18.9 Å². The predicted molar refractivity (Wildman–Crippen MR) is 172 cm³/mol. The lowest BCUT2D eigenvalue weighted by molar-refractivity contribution is -0.123. The van der Waals surface area contributed by atoms with E-state index in [-0.39, 0.29) is 13.2 Å². The molecule has 0 rings (SSSR count). The fourth-order valence-corrected chi connectivity index (χ4v) is 5.46. The summed E-state index contributed by atoms with van der Waals surface area (Å²) >= 11 is 0. The number of aliphatic hydroxyl groups is 5. The lowest BCUT2D eigenvalue weighted by Gasteiger charge is -2.26. The van der Waals surface area contributed by atoms with Gasteiger partial charge in [0.2, 0.25) is 0 Å². The standard InChI is InChI=1S/C32H65O11P/c1-3-4-5-6-7-8-9-10-11-12-13-14-15-16-17-18-19-20-21-22-23-41-25-28(40-2)26-42-44(38,39)43-27-30(35)32(37)31(36)29(34)24-33/h22-23,28-37H,3-21,24-27H2,1-2H3,(H,38,39)/b23-22-/t28-,29+,30+,31+,32+/m0/s1. The van der Waals surface area contributed by atoms with Crippen molar-refractivity contribution in [3.05, 3.63) is 12.3 Å². The molecule has 0 aliphatic heterocycles. The van der Waals surface area contributed by atoms with Crippen LogP contribution in [0.4, 0.5) is 0 Å². The molecule has 0 aliphatic rings. The SMILES string of the molecule is CCCCCCCCCCCCCCCCCCCC/C=C\OC[C@@H](COP(=O)(O)OC[C@@H](O)[C@@H](O)[C@H](O)[C@H](O)CO)OC. The van der Waals surface area contributed by atoms with E-state index in [1.807, 2.05) is 6.08 Å². The Bertz CT molecular complexity index is 697. The zero-order valence-corrected chi connectivity index (χ0v) is 28.4. The number of methoxy groups -OCH3 is 1. The number of aliphatic hydroxyl groups excluding tert-OH is 5. The molecule has 0 radical (unpaired) electrons. The van der Waals surface area contributed by atoms with Gasteiger partial charge in [-0.2, -0.15) is 0 Å². The van der Waals surface area contributed by atoms with Crippen molar-refractivity contribution in [3.8, 4) is 0 Å². The highest BCUT2D eigenvalue weighted by molar-refractivity contribution is 7.47. The van der Waals surface area contributed by atoms with Crippen molar-refractivity contribution < 1.29 is 53.5 Å². The van der Waals surface area contributed by atoms with Crippen LogP contribution in [-0.2, 0) is 23.1 Å². The molecule has 0 saturated heterocycles. The molecule has 0 spiro atoms. The maximum atomic E-state index is 12.0. The maximum Gasteiger partial charge on any atom is 0.472 e. The van der Waals surface area contributed by atoms with Gasteiger partial charge in [-0.15, -0.1) is 0 Å². The number of hydrogen-bond acceptors (Lipinski definition) is 10. The summed E-state index contributed by atoms with van der Waals surface area (Å²) in [5.74, 6) is 0. The smallest absolute Gasteiger partial charge is 0.472 e. The highest BCUT2D eigenvalue weighted by Crippen LogP contribution is 2.43. The van der Waals surface area contributed by atoms with E-state index >= 15 is 0 Å². The van der Waals surface area contributed by atoms with Crippen molar-refractivity contribution in [3.63, 3.8) is 0 Å². The molecule has 6 atom stereocenters. The second kappa shape index (κ2) is 29.8. The Labute approximate surface area is 266 Å². The molecule has 0 aromatic rings. The first-order valence-corrected chi connectivity index (χ1v) is 18.4. The molecule has 44 heavy (non-hydrogen) atoms. The summed E-state index contributed by atoms with van der Waals surface area (Å²) in [7, 11) is -3.22. The first-order valence-electron chi connectivity index (χ1n) is 16.9. The van der Waals surface area contributed by atoms with Crippen molar-refractivity contribution in [2.24, 2.45) is 0 Å². The fourth-order valence-electron chi connectivity index (χ4n) is 4.69. The first kappa shape index (κ1) is 43.4. The van der Waals surface area contributed by atoms with E-state index in [9.17, 15) is 29.9 Å². The summed E-state index contributed by atoms with van der Waals surface area (Å²) in [5.41, 5.74) is 0. The molecule has 6 N–H and O–H groups in total. The van der Waals surface area contributed by atoms with E-state index in [0.717, 1.165) is 12.8 Å². The van der Waals surface area contributed by atoms with E-state index in [1.165, 1.54) is 116 Å². The molecule has 0 aromatic heterocycles. The van der Waals surface area contributed by atoms with Crippen LogP contribution in [0, 0.1) is 0 Å².